The van der Waals surface area contributed by atoms with E-state index in [2.05, 4.69) is 52.6 Å². The monoisotopic (exact) mass is 792 g/mol. The SMILES string of the molecule is Cc1ccc(N=Cc2ccc(C(=O)OCCCCCCCCCCC(=O)O[C@H]3CC[C@@]4(C)C(=CC[C@H]5[C@@H]6CC[C@H]([C@H](C)CCCC(C)C)[C@@]6(C)CC[C@@H]54)C3)cc2)cc1. The molecule has 2 aromatic rings. The number of aliphatic imine (C=N–C) groups is 1. The molecule has 0 bridgehead atoms. The van der Waals surface area contributed by atoms with Crippen LogP contribution in [-0.2, 0) is 14.3 Å². The molecule has 8 atom stereocenters. The van der Waals surface area contributed by atoms with Gasteiger partial charge in [-0.15, -0.1) is 0 Å². The molecular formula is C53H77NO4. The van der Waals surface area contributed by atoms with E-state index >= 15 is 0 Å². The normalized spacial score (nSPS) is 28.4. The Balaban J connectivity index is 0.804. The highest BCUT2D eigenvalue weighted by molar-refractivity contribution is 5.91. The van der Waals surface area contributed by atoms with E-state index in [1.54, 1.807) is 17.7 Å². The number of benzene rings is 2. The number of hydrogen-bond donors (Lipinski definition) is 0. The number of nitrogens with zero attached hydrogens (tertiary/aromatic N) is 1. The molecule has 0 amide bonds. The summed E-state index contributed by atoms with van der Waals surface area (Å²) in [5, 5.41) is 0. The van der Waals surface area contributed by atoms with Gasteiger partial charge in [-0.2, -0.15) is 0 Å². The van der Waals surface area contributed by atoms with Crippen LogP contribution in [-0.4, -0.2) is 30.9 Å². The van der Waals surface area contributed by atoms with Crippen LogP contribution in [0, 0.1) is 53.3 Å². The van der Waals surface area contributed by atoms with Crippen molar-refractivity contribution in [2.24, 2.45) is 51.3 Å². The molecule has 4 aliphatic rings. The number of rotatable bonds is 20. The molecule has 0 saturated heterocycles. The van der Waals surface area contributed by atoms with E-state index in [-0.39, 0.29) is 18.0 Å². The second kappa shape index (κ2) is 20.9. The van der Waals surface area contributed by atoms with Gasteiger partial charge in [0.1, 0.15) is 6.10 Å². The second-order valence-electron chi connectivity index (χ2n) is 20.1. The summed E-state index contributed by atoms with van der Waals surface area (Å²) in [5.41, 5.74) is 6.06. The third kappa shape index (κ3) is 11.3. The summed E-state index contributed by atoms with van der Waals surface area (Å²) < 4.78 is 11.7. The van der Waals surface area contributed by atoms with Crippen molar-refractivity contribution in [2.75, 3.05) is 6.61 Å². The Morgan fingerprint density at radius 1 is 0.793 bits per heavy atom. The van der Waals surface area contributed by atoms with Crippen LogP contribution in [0.4, 0.5) is 5.69 Å². The number of ether oxygens (including phenoxy) is 2. The van der Waals surface area contributed by atoms with E-state index in [0.29, 0.717) is 29.4 Å². The number of hydrogen-bond acceptors (Lipinski definition) is 5. The smallest absolute Gasteiger partial charge is 0.338 e. The van der Waals surface area contributed by atoms with Crippen molar-refractivity contribution in [1.82, 2.24) is 0 Å². The Hall–Kier alpha value is -3.21. The van der Waals surface area contributed by atoms with Gasteiger partial charge in [0.05, 0.1) is 17.9 Å². The Morgan fingerprint density at radius 2 is 1.50 bits per heavy atom. The topological polar surface area (TPSA) is 65.0 Å². The molecule has 0 aliphatic heterocycles. The lowest BCUT2D eigenvalue weighted by molar-refractivity contribution is -0.151. The summed E-state index contributed by atoms with van der Waals surface area (Å²) >= 11 is 0. The zero-order chi connectivity index (χ0) is 41.1. The molecule has 0 radical (unpaired) electrons. The van der Waals surface area contributed by atoms with E-state index < -0.39 is 0 Å². The van der Waals surface area contributed by atoms with E-state index in [4.69, 9.17) is 9.47 Å². The van der Waals surface area contributed by atoms with Gasteiger partial charge in [0, 0.05) is 19.1 Å². The molecule has 5 heteroatoms. The fourth-order valence-corrected chi connectivity index (χ4v) is 12.2. The fourth-order valence-electron chi connectivity index (χ4n) is 12.2. The minimum absolute atomic E-state index is 0.00767. The Kier molecular flexibility index (Phi) is 15.9. The molecule has 6 rings (SSSR count). The van der Waals surface area contributed by atoms with Crippen molar-refractivity contribution < 1.29 is 19.1 Å². The maximum atomic E-state index is 12.9. The largest absolute Gasteiger partial charge is 0.462 e. The predicted molar refractivity (Wildman–Crippen MR) is 240 cm³/mol. The van der Waals surface area contributed by atoms with Gasteiger partial charge in [-0.1, -0.05) is 134 Å². The van der Waals surface area contributed by atoms with Crippen LogP contribution >= 0.6 is 0 Å². The van der Waals surface area contributed by atoms with Gasteiger partial charge in [-0.05, 0) is 141 Å². The highest BCUT2D eigenvalue weighted by atomic mass is 16.5. The average Bonchev–Trinajstić information content (AvgIpc) is 3.57. The van der Waals surface area contributed by atoms with Gasteiger partial charge >= 0.3 is 11.9 Å². The van der Waals surface area contributed by atoms with E-state index in [1.807, 2.05) is 42.6 Å². The minimum atomic E-state index is -0.270. The summed E-state index contributed by atoms with van der Waals surface area (Å²) in [6, 6.07) is 15.5. The second-order valence-corrected chi connectivity index (χ2v) is 20.1. The van der Waals surface area contributed by atoms with Crippen molar-refractivity contribution in [3.05, 3.63) is 76.9 Å². The maximum absolute atomic E-state index is 12.9. The van der Waals surface area contributed by atoms with Crippen LogP contribution in [0.5, 0.6) is 0 Å². The molecule has 3 saturated carbocycles. The number of fused-ring (bicyclic) bond motifs is 5. The molecule has 0 spiro atoms. The Morgan fingerprint density at radius 3 is 2.22 bits per heavy atom. The summed E-state index contributed by atoms with van der Waals surface area (Å²) in [6.07, 6.45) is 28.0. The molecule has 0 N–H and O–H groups in total. The average molecular weight is 792 g/mol. The third-order valence-corrected chi connectivity index (χ3v) is 15.6. The molecule has 0 aromatic heterocycles. The summed E-state index contributed by atoms with van der Waals surface area (Å²) in [7, 11) is 0. The molecule has 3 fully saturated rings. The van der Waals surface area contributed by atoms with Crippen LogP contribution in [0.15, 0.2) is 65.2 Å². The molecule has 2 aromatic carbocycles. The Bertz CT molecular complexity index is 1670. The zero-order valence-electron chi connectivity index (χ0n) is 37.2. The molecule has 0 heterocycles. The van der Waals surface area contributed by atoms with Crippen LogP contribution in [0.25, 0.3) is 0 Å². The standard InChI is InChI=1S/C53H77NO4/c1-38(2)16-15-17-40(4)47-29-30-48-46-28-25-43-36-45(31-33-52(43,5)49(46)32-34-53(47,48)6)58-50(55)18-13-11-9-7-8-10-12-14-35-57-51(56)42-23-21-41(22-24-42)37-54-44-26-19-39(3)20-27-44/h19-27,37-38,40,45-49H,7-18,28-36H2,1-6H3/t40-,45+,46+,47-,48+,49+,52+,53-/m1/s1. The fraction of sp³-hybridized carbons (Fsp3) is 0.679. The first-order valence-electron chi connectivity index (χ1n) is 23.7. The predicted octanol–water partition coefficient (Wildman–Crippen LogP) is 14.4. The van der Waals surface area contributed by atoms with Crippen molar-refractivity contribution in [3.8, 4) is 0 Å². The van der Waals surface area contributed by atoms with E-state index in [1.165, 1.54) is 76.2 Å². The van der Waals surface area contributed by atoms with Gasteiger partial charge < -0.3 is 9.47 Å². The minimum Gasteiger partial charge on any atom is -0.462 e. The summed E-state index contributed by atoms with van der Waals surface area (Å²) in [5.74, 6) is 4.86. The van der Waals surface area contributed by atoms with Crippen LogP contribution < -0.4 is 0 Å². The van der Waals surface area contributed by atoms with Gasteiger partial charge in [0.15, 0.2) is 0 Å². The molecule has 0 unspecified atom stereocenters. The van der Waals surface area contributed by atoms with Crippen molar-refractivity contribution >= 4 is 23.8 Å². The summed E-state index contributed by atoms with van der Waals surface area (Å²) in [6.45, 7) is 15.1. The number of carbonyl (C=O) groups is 2. The molecular weight excluding hydrogens is 715 g/mol. The van der Waals surface area contributed by atoms with Crippen LogP contribution in [0.2, 0.25) is 0 Å². The molecule has 58 heavy (non-hydrogen) atoms. The zero-order valence-corrected chi connectivity index (χ0v) is 37.2. The third-order valence-electron chi connectivity index (χ3n) is 15.6. The number of allylic oxidation sites excluding steroid dienone is 1. The van der Waals surface area contributed by atoms with Crippen LogP contribution in [0.3, 0.4) is 0 Å². The Labute approximate surface area is 352 Å². The lowest BCUT2D eigenvalue weighted by Crippen LogP contribution is -2.51. The molecule has 5 nitrogen and oxygen atoms in total. The van der Waals surface area contributed by atoms with Crippen molar-refractivity contribution in [2.45, 2.75) is 176 Å². The molecule has 4 aliphatic carbocycles. The first-order valence-corrected chi connectivity index (χ1v) is 23.7. The number of unbranched alkanes of at least 4 members (excludes halogenated alkanes) is 7. The summed E-state index contributed by atoms with van der Waals surface area (Å²) in [4.78, 5) is 29.9. The van der Waals surface area contributed by atoms with Crippen molar-refractivity contribution in [1.29, 1.82) is 0 Å². The van der Waals surface area contributed by atoms with Crippen LogP contribution in [0.1, 0.15) is 185 Å². The highest BCUT2D eigenvalue weighted by Gasteiger charge is 2.59. The van der Waals surface area contributed by atoms with E-state index in [9.17, 15) is 9.59 Å². The first-order chi connectivity index (χ1) is 28.0. The highest BCUT2D eigenvalue weighted by Crippen LogP contribution is 2.67. The molecule has 318 valence electrons. The number of aryl methyl sites for hydroxylation is 1. The number of esters is 2. The lowest BCUT2D eigenvalue weighted by Gasteiger charge is -2.58. The number of carbonyl (C=O) groups excluding carboxylic acids is 2. The van der Waals surface area contributed by atoms with Crippen molar-refractivity contribution in [3.63, 3.8) is 0 Å². The van der Waals surface area contributed by atoms with Gasteiger partial charge in [0.25, 0.3) is 0 Å². The first kappa shape index (κ1) is 44.3. The van der Waals surface area contributed by atoms with Gasteiger partial charge in [-0.3, -0.25) is 9.79 Å². The maximum Gasteiger partial charge on any atom is 0.338 e. The van der Waals surface area contributed by atoms with E-state index in [0.717, 1.165) is 98.1 Å². The quantitative estimate of drug-likeness (QED) is 0.0580. The van der Waals surface area contributed by atoms with Gasteiger partial charge in [0.2, 0.25) is 0 Å². The lowest BCUT2D eigenvalue weighted by atomic mass is 9.47. The van der Waals surface area contributed by atoms with Gasteiger partial charge in [-0.25, -0.2) is 4.79 Å².